The van der Waals surface area contributed by atoms with Crippen LogP contribution in [0.1, 0.15) is 0 Å². The van der Waals surface area contributed by atoms with Crippen molar-refractivity contribution in [3.8, 4) is 22.8 Å². The van der Waals surface area contributed by atoms with E-state index in [1.807, 2.05) is 51.6 Å². The first kappa shape index (κ1) is 26.4. The Balaban J connectivity index is 1.74. The fourth-order valence-electron chi connectivity index (χ4n) is 3.92. The number of hydrogen-bond donors (Lipinski definition) is 2. The molecule has 0 aliphatic rings. The van der Waals surface area contributed by atoms with Crippen molar-refractivity contribution in [2.45, 2.75) is 0 Å². The Hall–Kier alpha value is -4.64. The van der Waals surface area contributed by atoms with E-state index in [0.717, 1.165) is 29.9 Å². The van der Waals surface area contributed by atoms with Gasteiger partial charge in [0.2, 0.25) is 11.9 Å². The summed E-state index contributed by atoms with van der Waals surface area (Å²) in [6, 6.07) is 9.47. The van der Waals surface area contributed by atoms with Crippen molar-refractivity contribution in [3.63, 3.8) is 0 Å². The molecule has 0 radical (unpaired) electrons. The first-order valence-corrected chi connectivity index (χ1v) is 12.0. The molecule has 2 N–H and O–H groups in total. The van der Waals surface area contributed by atoms with Crippen molar-refractivity contribution in [1.29, 1.82) is 0 Å². The molecular formula is C27H32N8O3. The highest BCUT2D eigenvalue weighted by Crippen LogP contribution is 2.39. The van der Waals surface area contributed by atoms with E-state index in [1.54, 1.807) is 37.2 Å². The third kappa shape index (κ3) is 5.68. The number of carbonyl (C=O) groups is 1. The number of aromatic nitrogens is 4. The standard InChI is InChI=1S/C27H32N8O3/c1-7-25(36)30-19-14-20(23(37-5)15-22(19)34(4)13-12-33(2)3)31-27-28-17-24(38-6)26(32-27)18-16-29-35-11-9-8-10-21(18)35/h7-11,14-17H,1,12-13H2,2-6H3,(H,30,36)(H,28,31,32). The van der Waals surface area contributed by atoms with Crippen LogP contribution in [0.2, 0.25) is 0 Å². The zero-order valence-electron chi connectivity index (χ0n) is 22.2. The van der Waals surface area contributed by atoms with Gasteiger partial charge in [-0.3, -0.25) is 4.79 Å². The van der Waals surface area contributed by atoms with Crippen LogP contribution in [0.3, 0.4) is 0 Å². The average molecular weight is 517 g/mol. The molecule has 198 valence electrons. The van der Waals surface area contributed by atoms with E-state index in [0.29, 0.717) is 34.5 Å². The SMILES string of the molecule is C=CC(=O)Nc1cc(Nc2ncc(OC)c(-c3cnn4ccccc34)n2)c(OC)cc1N(C)CCN(C)C. The van der Waals surface area contributed by atoms with Crippen molar-refractivity contribution >= 4 is 34.4 Å². The smallest absolute Gasteiger partial charge is 0.247 e. The molecule has 0 bridgehead atoms. The lowest BCUT2D eigenvalue weighted by Gasteiger charge is -2.26. The van der Waals surface area contributed by atoms with Crippen LogP contribution >= 0.6 is 0 Å². The zero-order valence-corrected chi connectivity index (χ0v) is 22.2. The molecular weight excluding hydrogens is 484 g/mol. The quantitative estimate of drug-likeness (QED) is 0.289. The second-order valence-electron chi connectivity index (χ2n) is 8.81. The molecule has 11 nitrogen and oxygen atoms in total. The fraction of sp³-hybridized carbons (Fsp3) is 0.259. The largest absolute Gasteiger partial charge is 0.494 e. The van der Waals surface area contributed by atoms with Crippen molar-refractivity contribution in [3.05, 3.63) is 61.6 Å². The minimum atomic E-state index is -0.320. The average Bonchev–Trinajstić information content (AvgIpc) is 3.35. The van der Waals surface area contributed by atoms with Crippen molar-refractivity contribution in [2.24, 2.45) is 0 Å². The van der Waals surface area contributed by atoms with E-state index in [4.69, 9.17) is 14.5 Å². The lowest BCUT2D eigenvalue weighted by atomic mass is 10.1. The van der Waals surface area contributed by atoms with Gasteiger partial charge in [0.05, 0.1) is 54.8 Å². The maximum atomic E-state index is 12.2. The van der Waals surface area contributed by atoms with Crippen LogP contribution in [-0.2, 0) is 4.79 Å². The van der Waals surface area contributed by atoms with Crippen LogP contribution < -0.4 is 25.0 Å². The molecule has 38 heavy (non-hydrogen) atoms. The molecule has 3 aromatic heterocycles. The molecule has 1 amide bonds. The highest BCUT2D eigenvalue weighted by atomic mass is 16.5. The van der Waals surface area contributed by atoms with Gasteiger partial charge in [-0.15, -0.1) is 0 Å². The number of methoxy groups -OCH3 is 2. The molecule has 0 fully saturated rings. The summed E-state index contributed by atoms with van der Waals surface area (Å²) in [6.07, 6.45) is 6.45. The first-order valence-electron chi connectivity index (χ1n) is 12.0. The van der Waals surface area contributed by atoms with E-state index < -0.39 is 0 Å². The van der Waals surface area contributed by atoms with Crippen LogP contribution in [0.4, 0.5) is 23.0 Å². The fourth-order valence-corrected chi connectivity index (χ4v) is 3.92. The first-order chi connectivity index (χ1) is 18.3. The summed E-state index contributed by atoms with van der Waals surface area (Å²) in [4.78, 5) is 25.6. The highest BCUT2D eigenvalue weighted by molar-refractivity contribution is 6.02. The number of anilines is 4. The van der Waals surface area contributed by atoms with Crippen molar-refractivity contribution in [2.75, 3.05) is 64.0 Å². The second kappa shape index (κ2) is 11.6. The van der Waals surface area contributed by atoms with Gasteiger partial charge in [-0.25, -0.2) is 14.5 Å². The number of carbonyl (C=O) groups excluding carboxylic acids is 1. The summed E-state index contributed by atoms with van der Waals surface area (Å²) in [5, 5.41) is 10.6. The molecule has 0 saturated heterocycles. The van der Waals surface area contributed by atoms with Gasteiger partial charge in [-0.1, -0.05) is 12.6 Å². The molecule has 3 heterocycles. The number of pyridine rings is 1. The number of hydrogen-bond acceptors (Lipinski definition) is 9. The topological polar surface area (TPSA) is 109 Å². The van der Waals surface area contributed by atoms with Gasteiger partial charge >= 0.3 is 0 Å². The Morgan fingerprint density at radius 2 is 1.87 bits per heavy atom. The van der Waals surface area contributed by atoms with Gasteiger partial charge in [-0.05, 0) is 38.4 Å². The van der Waals surface area contributed by atoms with Gasteiger partial charge in [-0.2, -0.15) is 5.10 Å². The van der Waals surface area contributed by atoms with E-state index in [1.165, 1.54) is 6.08 Å². The monoisotopic (exact) mass is 516 g/mol. The number of ether oxygens (including phenoxy) is 2. The Bertz CT molecular complexity index is 1450. The Morgan fingerprint density at radius 1 is 1.08 bits per heavy atom. The minimum absolute atomic E-state index is 0.320. The Kier molecular flexibility index (Phi) is 8.07. The zero-order chi connectivity index (χ0) is 27.2. The van der Waals surface area contributed by atoms with E-state index in [9.17, 15) is 4.79 Å². The molecule has 0 atom stereocenters. The molecule has 4 rings (SSSR count). The lowest BCUT2D eigenvalue weighted by Crippen LogP contribution is -2.29. The number of nitrogens with zero attached hydrogens (tertiary/aromatic N) is 6. The van der Waals surface area contributed by atoms with Gasteiger partial charge in [0.25, 0.3) is 0 Å². The summed E-state index contributed by atoms with van der Waals surface area (Å²) in [5.74, 6) is 1.08. The minimum Gasteiger partial charge on any atom is -0.494 e. The third-order valence-electron chi connectivity index (χ3n) is 5.96. The summed E-state index contributed by atoms with van der Waals surface area (Å²) in [5.41, 5.74) is 4.24. The Morgan fingerprint density at radius 3 is 2.58 bits per heavy atom. The summed E-state index contributed by atoms with van der Waals surface area (Å²) < 4.78 is 13.0. The van der Waals surface area contributed by atoms with Crippen molar-refractivity contribution in [1.82, 2.24) is 24.5 Å². The molecule has 11 heteroatoms. The number of rotatable bonds is 11. The van der Waals surface area contributed by atoms with Gasteiger partial charge in [0.15, 0.2) is 5.75 Å². The van der Waals surface area contributed by atoms with Gasteiger partial charge in [0.1, 0.15) is 11.4 Å². The normalized spacial score (nSPS) is 10.9. The van der Waals surface area contributed by atoms with Crippen LogP contribution in [0.5, 0.6) is 11.5 Å². The van der Waals surface area contributed by atoms with Gasteiger partial charge in [0, 0.05) is 32.4 Å². The van der Waals surface area contributed by atoms with E-state index in [-0.39, 0.29) is 5.91 Å². The molecule has 0 saturated carbocycles. The number of likely N-dealkylation sites (N-methyl/N-ethyl adjacent to an activating group) is 2. The van der Waals surface area contributed by atoms with E-state index >= 15 is 0 Å². The number of nitrogens with one attached hydrogen (secondary N) is 2. The molecule has 0 unspecified atom stereocenters. The van der Waals surface area contributed by atoms with Crippen molar-refractivity contribution < 1.29 is 14.3 Å². The number of amides is 1. The van der Waals surface area contributed by atoms with Crippen LogP contribution in [0.25, 0.3) is 16.8 Å². The summed E-state index contributed by atoms with van der Waals surface area (Å²) >= 11 is 0. The summed E-state index contributed by atoms with van der Waals surface area (Å²) in [6.45, 7) is 5.15. The maximum Gasteiger partial charge on any atom is 0.247 e. The van der Waals surface area contributed by atoms with Gasteiger partial charge < -0.3 is 29.9 Å². The maximum absolute atomic E-state index is 12.2. The third-order valence-corrected chi connectivity index (χ3v) is 5.96. The second-order valence-corrected chi connectivity index (χ2v) is 8.81. The van der Waals surface area contributed by atoms with Crippen LogP contribution in [-0.4, -0.2) is 78.8 Å². The molecule has 0 aliphatic heterocycles. The molecule has 0 aliphatic carbocycles. The predicted molar refractivity (Wildman–Crippen MR) is 150 cm³/mol. The number of fused-ring (bicyclic) bond motifs is 1. The number of benzene rings is 1. The molecule has 4 aromatic rings. The summed E-state index contributed by atoms with van der Waals surface area (Å²) in [7, 11) is 9.15. The Labute approximate surface area is 221 Å². The molecule has 0 spiro atoms. The van der Waals surface area contributed by atoms with E-state index in [2.05, 4.69) is 37.1 Å². The van der Waals surface area contributed by atoms with Crippen LogP contribution in [0.15, 0.2) is 61.6 Å². The highest BCUT2D eigenvalue weighted by Gasteiger charge is 2.19. The van der Waals surface area contributed by atoms with Crippen LogP contribution in [0, 0.1) is 0 Å². The molecule has 1 aromatic carbocycles. The lowest BCUT2D eigenvalue weighted by molar-refractivity contribution is -0.111. The predicted octanol–water partition coefficient (Wildman–Crippen LogP) is 3.67.